The summed E-state index contributed by atoms with van der Waals surface area (Å²) in [6.45, 7) is 3.05. The summed E-state index contributed by atoms with van der Waals surface area (Å²) >= 11 is 8.04. The maximum atomic E-state index is 12.7. The molecule has 24 heavy (non-hydrogen) atoms. The molecule has 0 aliphatic carbocycles. The number of benzene rings is 2. The number of nitrogens with zero attached hydrogens (tertiary/aromatic N) is 2. The molecule has 3 nitrogen and oxygen atoms in total. The van der Waals surface area contributed by atoms with Gasteiger partial charge in [-0.25, -0.2) is 0 Å². The van der Waals surface area contributed by atoms with Crippen LogP contribution >= 0.6 is 23.4 Å². The maximum absolute atomic E-state index is 12.7. The summed E-state index contributed by atoms with van der Waals surface area (Å²) in [4.78, 5) is 16.9. The topological polar surface area (TPSA) is 23.6 Å². The van der Waals surface area contributed by atoms with Gasteiger partial charge in [0.2, 0.25) is 0 Å². The summed E-state index contributed by atoms with van der Waals surface area (Å²) in [6, 6.07) is 15.8. The van der Waals surface area contributed by atoms with Gasteiger partial charge in [0.25, 0.3) is 5.91 Å². The van der Waals surface area contributed by atoms with E-state index in [1.54, 1.807) is 11.8 Å². The Morgan fingerprint density at radius 3 is 2.54 bits per heavy atom. The van der Waals surface area contributed by atoms with E-state index >= 15 is 0 Å². The first kappa shape index (κ1) is 17.2. The van der Waals surface area contributed by atoms with Crippen LogP contribution in [0.25, 0.3) is 0 Å². The first-order valence-corrected chi connectivity index (χ1v) is 9.83. The number of thioether (sulfide) groups is 1. The number of hydrogen-bond donors (Lipinski definition) is 0. The van der Waals surface area contributed by atoms with Crippen molar-refractivity contribution < 1.29 is 4.79 Å². The molecular formula is C19H21ClN2OS. The predicted octanol–water partition coefficient (Wildman–Crippen LogP) is 4.17. The number of halogens is 1. The molecule has 3 rings (SSSR count). The second-order valence-corrected chi connectivity index (χ2v) is 7.14. The van der Waals surface area contributed by atoms with Gasteiger partial charge in [-0.3, -0.25) is 4.79 Å². The molecule has 0 atom stereocenters. The fraction of sp³-hybridized carbons (Fsp3) is 0.316. The Kier molecular flexibility index (Phi) is 5.69. The predicted molar refractivity (Wildman–Crippen MR) is 103 cm³/mol. The van der Waals surface area contributed by atoms with Crippen LogP contribution in [0.4, 0.5) is 5.69 Å². The molecule has 2 aromatic carbocycles. The number of hydrogen-bond acceptors (Lipinski definition) is 3. The van der Waals surface area contributed by atoms with Crippen LogP contribution in [-0.4, -0.2) is 43.2 Å². The first-order chi connectivity index (χ1) is 11.7. The molecule has 0 saturated carbocycles. The summed E-state index contributed by atoms with van der Waals surface area (Å²) in [5.74, 6) is 1.05. The maximum Gasteiger partial charge on any atom is 0.253 e. The molecule has 0 spiro atoms. The molecule has 2 aromatic rings. The number of carbonyl (C=O) groups excluding carboxylic acids is 1. The highest BCUT2D eigenvalue weighted by Crippen LogP contribution is 2.26. The average Bonchev–Trinajstić information content (AvgIpc) is 2.62. The van der Waals surface area contributed by atoms with E-state index < -0.39 is 0 Å². The number of amides is 1. The molecular weight excluding hydrogens is 340 g/mol. The largest absolute Gasteiger partial charge is 0.367 e. The molecule has 1 amide bonds. The second-order valence-electron chi connectivity index (χ2n) is 5.86. The molecule has 1 saturated heterocycles. The molecule has 1 aliphatic heterocycles. The Morgan fingerprint density at radius 1 is 1.08 bits per heavy atom. The molecule has 1 aliphatic rings. The second kappa shape index (κ2) is 7.95. The molecule has 0 aromatic heterocycles. The minimum Gasteiger partial charge on any atom is -0.367 e. The normalized spacial score (nSPS) is 14.8. The summed E-state index contributed by atoms with van der Waals surface area (Å²) < 4.78 is 0. The van der Waals surface area contributed by atoms with E-state index in [1.807, 2.05) is 47.4 Å². The van der Waals surface area contributed by atoms with Gasteiger partial charge in [-0.05, 0) is 36.1 Å². The van der Waals surface area contributed by atoms with Crippen molar-refractivity contribution >= 4 is 35.0 Å². The lowest BCUT2D eigenvalue weighted by molar-refractivity contribution is 0.0746. The van der Waals surface area contributed by atoms with Crippen LogP contribution in [-0.2, 0) is 5.75 Å². The Bertz CT molecular complexity index is 714. The van der Waals surface area contributed by atoms with Crippen LogP contribution in [0.1, 0.15) is 15.9 Å². The zero-order valence-corrected chi connectivity index (χ0v) is 15.3. The zero-order valence-electron chi connectivity index (χ0n) is 13.7. The number of para-hydroxylation sites is 1. The van der Waals surface area contributed by atoms with Gasteiger partial charge in [0, 0.05) is 37.5 Å². The van der Waals surface area contributed by atoms with E-state index in [1.165, 1.54) is 5.56 Å². The number of piperazine rings is 1. The summed E-state index contributed by atoms with van der Waals surface area (Å²) in [7, 11) is 0. The molecule has 1 heterocycles. The van der Waals surface area contributed by atoms with Gasteiger partial charge in [-0.15, -0.1) is 0 Å². The highest BCUT2D eigenvalue weighted by atomic mass is 35.5. The third kappa shape index (κ3) is 3.87. The molecule has 0 radical (unpaired) electrons. The molecule has 0 N–H and O–H groups in total. The molecule has 126 valence electrons. The minimum atomic E-state index is 0.122. The Hall–Kier alpha value is -1.65. The Balaban J connectivity index is 1.65. The lowest BCUT2D eigenvalue weighted by Crippen LogP contribution is -2.48. The van der Waals surface area contributed by atoms with Crippen LogP contribution in [0.3, 0.4) is 0 Å². The number of anilines is 1. The van der Waals surface area contributed by atoms with Crippen LogP contribution in [0.15, 0.2) is 48.5 Å². The van der Waals surface area contributed by atoms with Crippen molar-refractivity contribution in [1.82, 2.24) is 4.90 Å². The van der Waals surface area contributed by atoms with Gasteiger partial charge < -0.3 is 9.80 Å². The lowest BCUT2D eigenvalue weighted by Gasteiger charge is -2.36. The van der Waals surface area contributed by atoms with Gasteiger partial charge in [-0.1, -0.05) is 35.9 Å². The number of carbonyl (C=O) groups is 1. The average molecular weight is 361 g/mol. The van der Waals surface area contributed by atoms with Crippen LogP contribution in [0.5, 0.6) is 0 Å². The van der Waals surface area contributed by atoms with Crippen molar-refractivity contribution in [1.29, 1.82) is 0 Å². The van der Waals surface area contributed by atoms with Crippen molar-refractivity contribution in [3.05, 3.63) is 64.7 Å². The fourth-order valence-corrected chi connectivity index (χ4v) is 3.77. The van der Waals surface area contributed by atoms with E-state index in [4.69, 9.17) is 11.6 Å². The smallest absolute Gasteiger partial charge is 0.253 e. The summed E-state index contributed by atoms with van der Waals surface area (Å²) in [5.41, 5.74) is 3.03. The van der Waals surface area contributed by atoms with Gasteiger partial charge in [0.05, 0.1) is 10.7 Å². The summed E-state index contributed by atoms with van der Waals surface area (Å²) in [6.07, 6.45) is 2.07. The lowest BCUT2D eigenvalue weighted by atomic mass is 10.1. The van der Waals surface area contributed by atoms with E-state index in [2.05, 4.69) is 17.2 Å². The monoisotopic (exact) mass is 360 g/mol. The van der Waals surface area contributed by atoms with Crippen molar-refractivity contribution in [3.8, 4) is 0 Å². The third-order valence-electron chi connectivity index (χ3n) is 4.24. The third-order valence-corrected chi connectivity index (χ3v) is 5.19. The quantitative estimate of drug-likeness (QED) is 0.817. The zero-order chi connectivity index (χ0) is 16.9. The first-order valence-electron chi connectivity index (χ1n) is 8.05. The van der Waals surface area contributed by atoms with Gasteiger partial charge in [0.1, 0.15) is 0 Å². The number of rotatable bonds is 4. The molecule has 5 heteroatoms. The van der Waals surface area contributed by atoms with E-state index in [-0.39, 0.29) is 5.91 Å². The Labute approximate surface area is 152 Å². The molecule has 1 fully saturated rings. The fourth-order valence-electron chi connectivity index (χ4n) is 3.00. The van der Waals surface area contributed by atoms with Crippen LogP contribution < -0.4 is 4.90 Å². The van der Waals surface area contributed by atoms with Crippen LogP contribution in [0, 0.1) is 0 Å². The van der Waals surface area contributed by atoms with E-state index in [0.717, 1.165) is 48.2 Å². The van der Waals surface area contributed by atoms with E-state index in [0.29, 0.717) is 0 Å². The highest BCUT2D eigenvalue weighted by Gasteiger charge is 2.23. The van der Waals surface area contributed by atoms with Crippen molar-refractivity contribution in [3.63, 3.8) is 0 Å². The van der Waals surface area contributed by atoms with Gasteiger partial charge in [-0.2, -0.15) is 11.8 Å². The van der Waals surface area contributed by atoms with Crippen molar-refractivity contribution in [2.24, 2.45) is 0 Å². The van der Waals surface area contributed by atoms with Crippen molar-refractivity contribution in [2.75, 3.05) is 37.3 Å². The van der Waals surface area contributed by atoms with Gasteiger partial charge in [0.15, 0.2) is 0 Å². The molecule has 0 bridgehead atoms. The molecule has 0 unspecified atom stereocenters. The SMILES string of the molecule is CSCc1cccc(C(=O)N2CCN(c3ccccc3Cl)CC2)c1. The minimum absolute atomic E-state index is 0.122. The Morgan fingerprint density at radius 2 is 1.83 bits per heavy atom. The van der Waals surface area contributed by atoms with Crippen LogP contribution in [0.2, 0.25) is 5.02 Å². The van der Waals surface area contributed by atoms with E-state index in [9.17, 15) is 4.79 Å². The highest BCUT2D eigenvalue weighted by molar-refractivity contribution is 7.97. The standard InChI is InChI=1S/C19H21ClN2OS/c1-24-14-15-5-4-6-16(13-15)19(23)22-11-9-21(10-12-22)18-8-3-2-7-17(18)20/h2-8,13H,9-12,14H2,1H3. The van der Waals surface area contributed by atoms with Crippen molar-refractivity contribution in [2.45, 2.75) is 5.75 Å². The van der Waals surface area contributed by atoms with Gasteiger partial charge >= 0.3 is 0 Å². The summed E-state index contributed by atoms with van der Waals surface area (Å²) in [5, 5.41) is 0.766.